The van der Waals surface area contributed by atoms with Crippen LogP contribution >= 0.6 is 0 Å². The standard InChI is InChI=1S/C19H23NO3S/c1-14(2)8-13-19(21)20-16-11-9-15(10-12-16)17-6-4-5-7-18(17)24(3,22)23/h4-7,9-12,14H,8,13H2,1-3H3,(H,20,21). The number of amides is 1. The highest BCUT2D eigenvalue weighted by molar-refractivity contribution is 7.90. The summed E-state index contributed by atoms with van der Waals surface area (Å²) < 4.78 is 23.8. The first-order valence-electron chi connectivity index (χ1n) is 7.97. The van der Waals surface area contributed by atoms with Crippen molar-refractivity contribution in [1.29, 1.82) is 0 Å². The maximum Gasteiger partial charge on any atom is 0.224 e. The van der Waals surface area contributed by atoms with Crippen LogP contribution in [0.1, 0.15) is 26.7 Å². The number of nitrogens with one attached hydrogen (secondary N) is 1. The molecule has 0 spiro atoms. The van der Waals surface area contributed by atoms with Crippen molar-refractivity contribution in [3.63, 3.8) is 0 Å². The number of anilines is 1. The zero-order valence-electron chi connectivity index (χ0n) is 14.2. The summed E-state index contributed by atoms with van der Waals surface area (Å²) in [7, 11) is -3.30. The molecule has 1 amide bonds. The van der Waals surface area contributed by atoms with Gasteiger partial charge < -0.3 is 5.32 Å². The lowest BCUT2D eigenvalue weighted by atomic mass is 10.1. The van der Waals surface area contributed by atoms with Gasteiger partial charge in [-0.15, -0.1) is 0 Å². The summed E-state index contributed by atoms with van der Waals surface area (Å²) in [5.74, 6) is 0.485. The van der Waals surface area contributed by atoms with Gasteiger partial charge in [0, 0.05) is 23.9 Å². The van der Waals surface area contributed by atoms with E-state index in [-0.39, 0.29) is 5.91 Å². The molecule has 0 unspecified atom stereocenters. The second-order valence-electron chi connectivity index (χ2n) is 6.33. The Kier molecular flexibility index (Phi) is 5.78. The number of rotatable bonds is 6. The number of carbonyl (C=O) groups is 1. The van der Waals surface area contributed by atoms with E-state index < -0.39 is 9.84 Å². The van der Waals surface area contributed by atoms with Crippen LogP contribution in [0.15, 0.2) is 53.4 Å². The van der Waals surface area contributed by atoms with Gasteiger partial charge in [0.25, 0.3) is 0 Å². The molecule has 0 atom stereocenters. The van der Waals surface area contributed by atoms with E-state index in [1.54, 1.807) is 30.3 Å². The molecule has 1 N–H and O–H groups in total. The second-order valence-corrected chi connectivity index (χ2v) is 8.31. The molecular formula is C19H23NO3S. The Balaban J connectivity index is 2.18. The van der Waals surface area contributed by atoms with Crippen molar-refractivity contribution in [2.45, 2.75) is 31.6 Å². The fraction of sp³-hybridized carbons (Fsp3) is 0.316. The first-order valence-corrected chi connectivity index (χ1v) is 9.86. The van der Waals surface area contributed by atoms with E-state index in [1.807, 2.05) is 18.2 Å². The van der Waals surface area contributed by atoms with Crippen molar-refractivity contribution >= 4 is 21.4 Å². The Labute approximate surface area is 143 Å². The quantitative estimate of drug-likeness (QED) is 0.856. The van der Waals surface area contributed by atoms with Crippen LogP contribution in [0.2, 0.25) is 0 Å². The lowest BCUT2D eigenvalue weighted by Gasteiger charge is -2.10. The molecule has 128 valence electrons. The van der Waals surface area contributed by atoms with Gasteiger partial charge in [0.15, 0.2) is 9.84 Å². The van der Waals surface area contributed by atoms with Gasteiger partial charge in [-0.2, -0.15) is 0 Å². The minimum Gasteiger partial charge on any atom is -0.326 e. The average molecular weight is 345 g/mol. The maximum absolute atomic E-state index is 11.9. The molecule has 0 saturated carbocycles. The molecule has 0 heterocycles. The van der Waals surface area contributed by atoms with Crippen molar-refractivity contribution in [1.82, 2.24) is 0 Å². The zero-order valence-corrected chi connectivity index (χ0v) is 15.1. The minimum atomic E-state index is -3.30. The monoisotopic (exact) mass is 345 g/mol. The maximum atomic E-state index is 11.9. The smallest absolute Gasteiger partial charge is 0.224 e. The highest BCUT2D eigenvalue weighted by Crippen LogP contribution is 2.28. The lowest BCUT2D eigenvalue weighted by molar-refractivity contribution is -0.116. The lowest BCUT2D eigenvalue weighted by Crippen LogP contribution is -2.12. The van der Waals surface area contributed by atoms with Gasteiger partial charge in [-0.25, -0.2) is 8.42 Å². The van der Waals surface area contributed by atoms with Crippen molar-refractivity contribution in [2.75, 3.05) is 11.6 Å². The van der Waals surface area contributed by atoms with E-state index >= 15 is 0 Å². The molecule has 0 aliphatic carbocycles. The first-order chi connectivity index (χ1) is 11.3. The second kappa shape index (κ2) is 7.62. The van der Waals surface area contributed by atoms with Crippen molar-refractivity contribution < 1.29 is 13.2 Å². The predicted molar refractivity (Wildman–Crippen MR) is 97.7 cm³/mol. The molecule has 0 bridgehead atoms. The summed E-state index contributed by atoms with van der Waals surface area (Å²) in [5.41, 5.74) is 2.18. The van der Waals surface area contributed by atoms with Crippen LogP contribution in [-0.2, 0) is 14.6 Å². The van der Waals surface area contributed by atoms with E-state index in [9.17, 15) is 13.2 Å². The molecule has 0 fully saturated rings. The molecule has 0 aliphatic rings. The average Bonchev–Trinajstić information content (AvgIpc) is 2.53. The van der Waals surface area contributed by atoms with Gasteiger partial charge >= 0.3 is 0 Å². The van der Waals surface area contributed by atoms with Gasteiger partial charge in [-0.3, -0.25) is 4.79 Å². The number of benzene rings is 2. The topological polar surface area (TPSA) is 63.2 Å². The Morgan fingerprint density at radius 3 is 2.25 bits per heavy atom. The number of carbonyl (C=O) groups excluding carboxylic acids is 1. The zero-order chi connectivity index (χ0) is 17.7. The number of sulfone groups is 1. The van der Waals surface area contributed by atoms with Crippen LogP contribution in [0.3, 0.4) is 0 Å². The van der Waals surface area contributed by atoms with E-state index in [0.29, 0.717) is 28.5 Å². The first kappa shape index (κ1) is 18.2. The minimum absolute atomic E-state index is 0.00649. The van der Waals surface area contributed by atoms with Crippen molar-refractivity contribution in [3.8, 4) is 11.1 Å². The summed E-state index contributed by atoms with van der Waals surface area (Å²) in [6.45, 7) is 4.17. The van der Waals surface area contributed by atoms with E-state index in [1.165, 1.54) is 6.26 Å². The Hall–Kier alpha value is -2.14. The van der Waals surface area contributed by atoms with Crippen LogP contribution in [-0.4, -0.2) is 20.6 Å². The normalized spacial score (nSPS) is 11.5. The third kappa shape index (κ3) is 4.93. The van der Waals surface area contributed by atoms with Crippen LogP contribution in [0.4, 0.5) is 5.69 Å². The van der Waals surface area contributed by atoms with Gasteiger partial charge in [0.2, 0.25) is 5.91 Å². The molecule has 0 aromatic heterocycles. The summed E-state index contributed by atoms with van der Waals surface area (Å²) >= 11 is 0. The molecule has 0 radical (unpaired) electrons. The molecule has 5 heteroatoms. The molecule has 0 saturated heterocycles. The predicted octanol–water partition coefficient (Wildman–Crippen LogP) is 4.13. The number of hydrogen-bond donors (Lipinski definition) is 1. The molecular weight excluding hydrogens is 322 g/mol. The van der Waals surface area contributed by atoms with Gasteiger partial charge in [0.1, 0.15) is 0 Å². The van der Waals surface area contributed by atoms with Gasteiger partial charge in [0.05, 0.1) is 4.90 Å². The fourth-order valence-corrected chi connectivity index (χ4v) is 3.32. The molecule has 2 aromatic carbocycles. The number of hydrogen-bond acceptors (Lipinski definition) is 3. The highest BCUT2D eigenvalue weighted by Gasteiger charge is 2.13. The third-order valence-corrected chi connectivity index (χ3v) is 4.87. The molecule has 2 aromatic rings. The summed E-state index contributed by atoms with van der Waals surface area (Å²) in [6.07, 6.45) is 2.55. The largest absolute Gasteiger partial charge is 0.326 e. The van der Waals surface area contributed by atoms with E-state index in [2.05, 4.69) is 19.2 Å². The molecule has 2 rings (SSSR count). The third-order valence-electron chi connectivity index (χ3n) is 3.71. The summed E-state index contributed by atoms with van der Waals surface area (Å²) in [5, 5.41) is 2.86. The van der Waals surface area contributed by atoms with Gasteiger partial charge in [-0.1, -0.05) is 44.2 Å². The van der Waals surface area contributed by atoms with Crippen LogP contribution < -0.4 is 5.32 Å². The Bertz CT molecular complexity index is 809. The molecule has 0 aliphatic heterocycles. The molecule has 24 heavy (non-hydrogen) atoms. The van der Waals surface area contributed by atoms with Crippen LogP contribution in [0, 0.1) is 5.92 Å². The highest BCUT2D eigenvalue weighted by atomic mass is 32.2. The Morgan fingerprint density at radius 2 is 1.67 bits per heavy atom. The van der Waals surface area contributed by atoms with Crippen molar-refractivity contribution in [2.24, 2.45) is 5.92 Å². The summed E-state index contributed by atoms with van der Waals surface area (Å²) in [4.78, 5) is 12.2. The SMILES string of the molecule is CC(C)CCC(=O)Nc1ccc(-c2ccccc2S(C)(=O)=O)cc1. The summed E-state index contributed by atoms with van der Waals surface area (Å²) in [6, 6.07) is 14.1. The van der Waals surface area contributed by atoms with Gasteiger partial charge in [-0.05, 0) is 36.1 Å². The van der Waals surface area contributed by atoms with Crippen molar-refractivity contribution in [3.05, 3.63) is 48.5 Å². The fourth-order valence-electron chi connectivity index (χ4n) is 2.40. The molecule has 4 nitrogen and oxygen atoms in total. The Morgan fingerprint density at radius 1 is 1.04 bits per heavy atom. The van der Waals surface area contributed by atoms with Crippen LogP contribution in [0.25, 0.3) is 11.1 Å². The van der Waals surface area contributed by atoms with E-state index in [0.717, 1.165) is 12.0 Å². The van der Waals surface area contributed by atoms with E-state index in [4.69, 9.17) is 0 Å². The van der Waals surface area contributed by atoms with Crippen LogP contribution in [0.5, 0.6) is 0 Å².